The molecule has 0 radical (unpaired) electrons. The van der Waals surface area contributed by atoms with Gasteiger partial charge in [-0.25, -0.2) is 8.78 Å². The van der Waals surface area contributed by atoms with Crippen LogP contribution in [-0.2, 0) is 13.1 Å². The monoisotopic (exact) mass is 398 g/mol. The number of hydrogen-bond acceptors (Lipinski definition) is 2. The second kappa shape index (κ2) is 7.97. The van der Waals surface area contributed by atoms with Gasteiger partial charge in [0.05, 0.1) is 5.56 Å². The molecule has 0 spiro atoms. The smallest absolute Gasteiger partial charge is 0.191 e. The lowest BCUT2D eigenvalue weighted by Crippen LogP contribution is -2.37. The lowest BCUT2D eigenvalue weighted by atomic mass is 9.64. The summed E-state index contributed by atoms with van der Waals surface area (Å²) >= 11 is 0. The average Bonchev–Trinajstić information content (AvgIpc) is 2.60. The molecule has 0 aliphatic heterocycles. The van der Waals surface area contributed by atoms with E-state index >= 15 is 0 Å². The number of rotatable bonds is 7. The molecule has 2 aromatic rings. The van der Waals surface area contributed by atoms with Crippen LogP contribution in [0, 0.1) is 23.0 Å². The zero-order valence-corrected chi connectivity index (χ0v) is 17.3. The molecule has 0 amide bonds. The van der Waals surface area contributed by atoms with Gasteiger partial charge in [0.2, 0.25) is 0 Å². The van der Waals surface area contributed by atoms with Crippen molar-refractivity contribution in [1.82, 2.24) is 9.88 Å². The van der Waals surface area contributed by atoms with Crippen LogP contribution in [0.2, 0.25) is 0 Å². The van der Waals surface area contributed by atoms with E-state index in [-0.39, 0.29) is 17.4 Å². The van der Waals surface area contributed by atoms with E-state index in [2.05, 4.69) is 36.9 Å². The van der Waals surface area contributed by atoms with Crippen LogP contribution in [0.1, 0.15) is 50.4 Å². The summed E-state index contributed by atoms with van der Waals surface area (Å²) in [7, 11) is 0. The van der Waals surface area contributed by atoms with Crippen molar-refractivity contribution in [1.29, 1.82) is 0 Å². The molecule has 1 fully saturated rings. The molecule has 1 aliphatic carbocycles. The van der Waals surface area contributed by atoms with Crippen molar-refractivity contribution in [2.45, 2.75) is 46.7 Å². The Morgan fingerprint density at radius 2 is 1.97 bits per heavy atom. The Bertz CT molecular complexity index is 1020. The van der Waals surface area contributed by atoms with Gasteiger partial charge in [-0.2, -0.15) is 0 Å². The van der Waals surface area contributed by atoms with E-state index in [0.29, 0.717) is 16.8 Å². The van der Waals surface area contributed by atoms with Gasteiger partial charge >= 0.3 is 0 Å². The number of nitrogens with one attached hydrogen (secondary N) is 1. The number of hydrogen-bond donors (Lipinski definition) is 1. The van der Waals surface area contributed by atoms with Crippen LogP contribution < -0.4 is 10.7 Å². The molecule has 1 N–H and O–H groups in total. The molecule has 0 bridgehead atoms. The number of pyridine rings is 1. The fourth-order valence-corrected chi connectivity index (χ4v) is 4.42. The Morgan fingerprint density at radius 1 is 1.28 bits per heavy atom. The minimum absolute atomic E-state index is 0.113. The first-order valence-corrected chi connectivity index (χ1v) is 9.85. The van der Waals surface area contributed by atoms with Crippen LogP contribution in [0.5, 0.6) is 0 Å². The van der Waals surface area contributed by atoms with Crippen molar-refractivity contribution in [3.05, 3.63) is 82.3 Å². The van der Waals surface area contributed by atoms with Crippen molar-refractivity contribution in [3.63, 3.8) is 0 Å². The number of benzene rings is 1. The zero-order chi connectivity index (χ0) is 21.3. The van der Waals surface area contributed by atoms with Gasteiger partial charge in [-0.15, -0.1) is 0 Å². The average molecular weight is 398 g/mol. The molecule has 1 aromatic heterocycles. The van der Waals surface area contributed by atoms with E-state index in [9.17, 15) is 13.6 Å². The normalized spacial score (nSPS) is 20.8. The van der Waals surface area contributed by atoms with Crippen molar-refractivity contribution < 1.29 is 8.78 Å². The standard InChI is InChI=1S/C24H28F2N2O/c1-15(2)22-9-23(29)20(13-28(22)14-24(5)10-16(3)11-24)17(4)27-12-18-6-7-19(25)8-21(18)26/h6-9,13,16,27H,1,4,10-12,14H2,2-3,5H3. The van der Waals surface area contributed by atoms with Crippen molar-refractivity contribution in [3.8, 4) is 0 Å². The van der Waals surface area contributed by atoms with E-state index in [1.807, 2.05) is 13.1 Å². The van der Waals surface area contributed by atoms with Crippen LogP contribution in [0.25, 0.3) is 11.3 Å². The fourth-order valence-electron chi connectivity index (χ4n) is 4.42. The van der Waals surface area contributed by atoms with Gasteiger partial charge in [-0.3, -0.25) is 4.79 Å². The zero-order valence-electron chi connectivity index (χ0n) is 17.3. The summed E-state index contributed by atoms with van der Waals surface area (Å²) in [6.45, 7) is 15.3. The third-order valence-corrected chi connectivity index (χ3v) is 5.63. The maximum atomic E-state index is 13.9. The molecule has 5 heteroatoms. The molecule has 1 aliphatic rings. The first kappa shape index (κ1) is 21.0. The maximum Gasteiger partial charge on any atom is 0.191 e. The predicted octanol–water partition coefficient (Wildman–Crippen LogP) is 5.36. The first-order valence-electron chi connectivity index (χ1n) is 9.85. The fraction of sp³-hybridized carbons (Fsp3) is 0.375. The predicted molar refractivity (Wildman–Crippen MR) is 114 cm³/mol. The summed E-state index contributed by atoms with van der Waals surface area (Å²) in [5, 5.41) is 3.00. The quantitative estimate of drug-likeness (QED) is 0.682. The van der Waals surface area contributed by atoms with Crippen LogP contribution >= 0.6 is 0 Å². The molecule has 154 valence electrons. The maximum absolute atomic E-state index is 13.9. The number of nitrogens with zero attached hydrogens (tertiary/aromatic N) is 1. The molecule has 1 heterocycles. The second-order valence-electron chi connectivity index (χ2n) is 8.74. The van der Waals surface area contributed by atoms with Gasteiger partial charge in [0, 0.05) is 48.4 Å². The molecule has 0 saturated heterocycles. The SMILES string of the molecule is C=C(NCc1ccc(F)cc1F)c1cn(CC2(C)CC(C)C2)c(C(=C)C)cc1=O. The number of allylic oxidation sites excluding steroid dienone is 1. The summed E-state index contributed by atoms with van der Waals surface area (Å²) in [6, 6.07) is 5.02. The summed E-state index contributed by atoms with van der Waals surface area (Å²) in [4.78, 5) is 12.7. The molecule has 0 atom stereocenters. The highest BCUT2D eigenvalue weighted by atomic mass is 19.1. The van der Waals surface area contributed by atoms with Crippen molar-refractivity contribution >= 4 is 11.3 Å². The summed E-state index contributed by atoms with van der Waals surface area (Å²) < 4.78 is 29.0. The third kappa shape index (κ3) is 4.66. The Hall–Kier alpha value is -2.69. The Kier molecular flexibility index (Phi) is 5.78. The molecular weight excluding hydrogens is 370 g/mol. The molecule has 1 saturated carbocycles. The Morgan fingerprint density at radius 3 is 2.55 bits per heavy atom. The highest BCUT2D eigenvalue weighted by Crippen LogP contribution is 2.46. The summed E-state index contributed by atoms with van der Waals surface area (Å²) in [5.41, 5.74) is 2.84. The summed E-state index contributed by atoms with van der Waals surface area (Å²) in [5.74, 6) is -0.538. The van der Waals surface area contributed by atoms with Crippen LogP contribution in [0.15, 0.2) is 48.4 Å². The third-order valence-electron chi connectivity index (χ3n) is 5.63. The summed E-state index contributed by atoms with van der Waals surface area (Å²) in [6.07, 6.45) is 4.11. The number of halogens is 2. The first-order chi connectivity index (χ1) is 13.6. The molecule has 29 heavy (non-hydrogen) atoms. The van der Waals surface area contributed by atoms with Gasteiger partial charge in [0.1, 0.15) is 11.6 Å². The lowest BCUT2D eigenvalue weighted by molar-refractivity contribution is 0.0665. The Balaban J connectivity index is 1.84. The van der Waals surface area contributed by atoms with E-state index < -0.39 is 11.6 Å². The largest absolute Gasteiger partial charge is 0.381 e. The van der Waals surface area contributed by atoms with Crippen LogP contribution in [0.4, 0.5) is 8.78 Å². The van der Waals surface area contributed by atoms with Gasteiger partial charge in [-0.05, 0) is 42.7 Å². The number of aromatic nitrogens is 1. The van der Waals surface area contributed by atoms with E-state index in [1.54, 1.807) is 6.07 Å². The highest BCUT2D eigenvalue weighted by molar-refractivity contribution is 5.64. The van der Waals surface area contributed by atoms with Crippen molar-refractivity contribution in [2.24, 2.45) is 11.3 Å². The lowest BCUT2D eigenvalue weighted by Gasteiger charge is -2.44. The molecular formula is C24H28F2N2O. The molecule has 3 rings (SSSR count). The van der Waals surface area contributed by atoms with E-state index in [0.717, 1.165) is 42.6 Å². The minimum Gasteiger partial charge on any atom is -0.381 e. The highest BCUT2D eigenvalue weighted by Gasteiger charge is 2.38. The molecule has 0 unspecified atom stereocenters. The van der Waals surface area contributed by atoms with E-state index in [1.165, 1.54) is 12.1 Å². The Labute approximate surface area is 170 Å². The molecule has 1 aromatic carbocycles. The van der Waals surface area contributed by atoms with Gasteiger partial charge in [0.25, 0.3) is 0 Å². The topological polar surface area (TPSA) is 34.0 Å². The van der Waals surface area contributed by atoms with Crippen LogP contribution in [-0.4, -0.2) is 4.57 Å². The second-order valence-corrected chi connectivity index (χ2v) is 8.74. The van der Waals surface area contributed by atoms with Crippen LogP contribution in [0.3, 0.4) is 0 Å². The van der Waals surface area contributed by atoms with E-state index in [4.69, 9.17) is 0 Å². The van der Waals surface area contributed by atoms with Gasteiger partial charge < -0.3 is 9.88 Å². The van der Waals surface area contributed by atoms with Gasteiger partial charge in [-0.1, -0.05) is 33.1 Å². The van der Waals surface area contributed by atoms with Gasteiger partial charge in [0.15, 0.2) is 5.43 Å². The minimum atomic E-state index is -0.632. The van der Waals surface area contributed by atoms with Crippen molar-refractivity contribution in [2.75, 3.05) is 0 Å². The molecule has 3 nitrogen and oxygen atoms in total.